The first kappa shape index (κ1) is 12.3. The van der Waals surface area contributed by atoms with Gasteiger partial charge in [0, 0.05) is 11.8 Å². The van der Waals surface area contributed by atoms with Crippen molar-refractivity contribution in [1.29, 1.82) is 5.41 Å². The molecule has 94 valence electrons. The van der Waals surface area contributed by atoms with Crippen LogP contribution in [-0.4, -0.2) is 15.6 Å². The zero-order valence-corrected chi connectivity index (χ0v) is 10.3. The Balaban J connectivity index is 2.52. The summed E-state index contributed by atoms with van der Waals surface area (Å²) >= 11 is 0. The standard InChI is InChI=1S/C13H15FN4/c1-8(2)11-5-6-18(17-11)12-4-3-9(14)7-10(12)13(15)16/h3-8H,1-2H3,(H3,15,16). The molecule has 3 N–H and O–H groups in total. The Kier molecular flexibility index (Phi) is 3.14. The average molecular weight is 246 g/mol. The lowest BCUT2D eigenvalue weighted by Crippen LogP contribution is -2.15. The van der Waals surface area contributed by atoms with Gasteiger partial charge >= 0.3 is 0 Å². The van der Waals surface area contributed by atoms with Gasteiger partial charge in [-0.25, -0.2) is 9.07 Å². The Labute approximate surface area is 105 Å². The molecule has 0 saturated heterocycles. The molecule has 5 heteroatoms. The van der Waals surface area contributed by atoms with E-state index in [1.54, 1.807) is 16.9 Å². The first-order valence-electron chi connectivity index (χ1n) is 5.69. The highest BCUT2D eigenvalue weighted by atomic mass is 19.1. The van der Waals surface area contributed by atoms with Crippen molar-refractivity contribution in [2.75, 3.05) is 0 Å². The van der Waals surface area contributed by atoms with Gasteiger partial charge in [-0.15, -0.1) is 0 Å². The molecule has 0 saturated carbocycles. The Morgan fingerprint density at radius 3 is 2.67 bits per heavy atom. The van der Waals surface area contributed by atoms with E-state index < -0.39 is 5.82 Å². The predicted molar refractivity (Wildman–Crippen MR) is 68.6 cm³/mol. The molecule has 0 amide bonds. The van der Waals surface area contributed by atoms with Crippen LogP contribution in [0.25, 0.3) is 5.69 Å². The monoisotopic (exact) mass is 246 g/mol. The smallest absolute Gasteiger partial charge is 0.125 e. The lowest BCUT2D eigenvalue weighted by molar-refractivity contribution is 0.626. The van der Waals surface area contributed by atoms with E-state index in [9.17, 15) is 4.39 Å². The van der Waals surface area contributed by atoms with Crippen LogP contribution in [0.4, 0.5) is 4.39 Å². The summed E-state index contributed by atoms with van der Waals surface area (Å²) in [5.74, 6) is -0.279. The SMILES string of the molecule is CC(C)c1ccn(-c2ccc(F)cc2C(=N)N)n1. The van der Waals surface area contributed by atoms with Crippen molar-refractivity contribution in [2.24, 2.45) is 5.73 Å². The van der Waals surface area contributed by atoms with Gasteiger partial charge in [0.2, 0.25) is 0 Å². The summed E-state index contributed by atoms with van der Waals surface area (Å²) in [5.41, 5.74) is 7.35. The molecule has 0 aliphatic rings. The molecule has 0 aliphatic carbocycles. The summed E-state index contributed by atoms with van der Waals surface area (Å²) in [6.45, 7) is 4.09. The zero-order valence-electron chi connectivity index (χ0n) is 10.3. The minimum absolute atomic E-state index is 0.175. The third kappa shape index (κ3) is 2.25. The number of halogens is 1. The van der Waals surface area contributed by atoms with E-state index in [1.165, 1.54) is 12.1 Å². The van der Waals surface area contributed by atoms with Crippen LogP contribution in [0, 0.1) is 11.2 Å². The Morgan fingerprint density at radius 2 is 2.11 bits per heavy atom. The highest BCUT2D eigenvalue weighted by Gasteiger charge is 2.11. The normalized spacial score (nSPS) is 10.9. The van der Waals surface area contributed by atoms with Crippen molar-refractivity contribution in [3.63, 3.8) is 0 Å². The topological polar surface area (TPSA) is 67.7 Å². The maximum Gasteiger partial charge on any atom is 0.125 e. The molecule has 1 heterocycles. The fourth-order valence-corrected chi connectivity index (χ4v) is 1.70. The summed E-state index contributed by atoms with van der Waals surface area (Å²) in [5, 5.41) is 11.9. The molecule has 0 aliphatic heterocycles. The van der Waals surface area contributed by atoms with Crippen LogP contribution >= 0.6 is 0 Å². The summed E-state index contributed by atoms with van der Waals surface area (Å²) < 4.78 is 14.8. The van der Waals surface area contributed by atoms with Gasteiger partial charge in [0.05, 0.1) is 11.4 Å². The van der Waals surface area contributed by atoms with Crippen molar-refractivity contribution in [3.8, 4) is 5.69 Å². The third-order valence-electron chi connectivity index (χ3n) is 2.70. The number of amidine groups is 1. The molecule has 0 spiro atoms. The number of hydrogen-bond acceptors (Lipinski definition) is 2. The van der Waals surface area contributed by atoms with Gasteiger partial charge in [-0.2, -0.15) is 5.10 Å². The van der Waals surface area contributed by atoms with Gasteiger partial charge in [0.15, 0.2) is 0 Å². The van der Waals surface area contributed by atoms with Crippen molar-refractivity contribution < 1.29 is 4.39 Å². The second-order valence-electron chi connectivity index (χ2n) is 4.42. The second kappa shape index (κ2) is 4.60. The van der Waals surface area contributed by atoms with Gasteiger partial charge in [0.1, 0.15) is 11.7 Å². The van der Waals surface area contributed by atoms with Crippen LogP contribution in [0.15, 0.2) is 30.5 Å². The molecule has 0 atom stereocenters. The molecule has 0 unspecified atom stereocenters. The van der Waals surface area contributed by atoms with Gasteiger partial charge in [-0.05, 0) is 30.2 Å². The van der Waals surface area contributed by atoms with Crippen LogP contribution in [0.3, 0.4) is 0 Å². The van der Waals surface area contributed by atoms with E-state index >= 15 is 0 Å². The molecule has 0 radical (unpaired) electrons. The summed E-state index contributed by atoms with van der Waals surface area (Å²) in [6, 6.07) is 6.05. The predicted octanol–water partition coefficient (Wildman–Crippen LogP) is 2.42. The Morgan fingerprint density at radius 1 is 1.39 bits per heavy atom. The number of nitrogens with zero attached hydrogens (tertiary/aromatic N) is 2. The van der Waals surface area contributed by atoms with E-state index in [1.807, 2.05) is 19.9 Å². The van der Waals surface area contributed by atoms with Crippen molar-refractivity contribution in [2.45, 2.75) is 19.8 Å². The highest BCUT2D eigenvalue weighted by Crippen LogP contribution is 2.18. The number of nitrogens with two attached hydrogens (primary N) is 1. The number of benzene rings is 1. The molecule has 4 nitrogen and oxygen atoms in total. The van der Waals surface area contributed by atoms with E-state index in [2.05, 4.69) is 5.10 Å². The van der Waals surface area contributed by atoms with Crippen LogP contribution in [0.2, 0.25) is 0 Å². The van der Waals surface area contributed by atoms with Crippen molar-refractivity contribution >= 4 is 5.84 Å². The number of nitrogens with one attached hydrogen (secondary N) is 1. The maximum atomic E-state index is 13.2. The molecular formula is C13H15FN4. The van der Waals surface area contributed by atoms with Gasteiger partial charge in [-0.1, -0.05) is 13.8 Å². The fraction of sp³-hybridized carbons (Fsp3) is 0.231. The fourth-order valence-electron chi connectivity index (χ4n) is 1.70. The van der Waals surface area contributed by atoms with Gasteiger partial charge < -0.3 is 5.73 Å². The minimum Gasteiger partial charge on any atom is -0.384 e. The molecule has 0 bridgehead atoms. The van der Waals surface area contributed by atoms with Crippen LogP contribution in [-0.2, 0) is 0 Å². The lowest BCUT2D eigenvalue weighted by Gasteiger charge is -2.08. The van der Waals surface area contributed by atoms with E-state index in [0.717, 1.165) is 5.69 Å². The second-order valence-corrected chi connectivity index (χ2v) is 4.42. The number of aromatic nitrogens is 2. The van der Waals surface area contributed by atoms with E-state index in [4.69, 9.17) is 11.1 Å². The highest BCUT2D eigenvalue weighted by molar-refractivity contribution is 5.98. The Bertz CT molecular complexity index is 586. The molecular weight excluding hydrogens is 231 g/mol. The molecule has 1 aromatic carbocycles. The van der Waals surface area contributed by atoms with Crippen molar-refractivity contribution in [1.82, 2.24) is 9.78 Å². The van der Waals surface area contributed by atoms with E-state index in [0.29, 0.717) is 17.2 Å². The van der Waals surface area contributed by atoms with Crippen LogP contribution in [0.1, 0.15) is 31.0 Å². The first-order valence-corrected chi connectivity index (χ1v) is 5.69. The average Bonchev–Trinajstić information content (AvgIpc) is 2.78. The lowest BCUT2D eigenvalue weighted by atomic mass is 10.1. The minimum atomic E-state index is -0.416. The number of hydrogen-bond donors (Lipinski definition) is 2. The summed E-state index contributed by atoms with van der Waals surface area (Å²) in [6.07, 6.45) is 1.79. The largest absolute Gasteiger partial charge is 0.384 e. The van der Waals surface area contributed by atoms with Gasteiger partial charge in [-0.3, -0.25) is 5.41 Å². The molecule has 2 aromatic rings. The number of rotatable bonds is 3. The van der Waals surface area contributed by atoms with Crippen molar-refractivity contribution in [3.05, 3.63) is 47.5 Å². The molecule has 2 rings (SSSR count). The number of nitrogen functional groups attached to an aromatic ring is 1. The molecule has 18 heavy (non-hydrogen) atoms. The molecule has 1 aromatic heterocycles. The van der Waals surface area contributed by atoms with Crippen LogP contribution < -0.4 is 5.73 Å². The molecule has 0 fully saturated rings. The summed E-state index contributed by atoms with van der Waals surface area (Å²) in [4.78, 5) is 0. The quantitative estimate of drug-likeness (QED) is 0.645. The zero-order chi connectivity index (χ0) is 13.3. The first-order chi connectivity index (χ1) is 8.49. The summed E-state index contributed by atoms with van der Waals surface area (Å²) in [7, 11) is 0. The maximum absolute atomic E-state index is 13.2. The van der Waals surface area contributed by atoms with Gasteiger partial charge in [0.25, 0.3) is 0 Å². The van der Waals surface area contributed by atoms with E-state index in [-0.39, 0.29) is 5.84 Å². The third-order valence-corrected chi connectivity index (χ3v) is 2.70. The Hall–Kier alpha value is -2.17. The van der Waals surface area contributed by atoms with Crippen LogP contribution in [0.5, 0.6) is 0 Å².